The molecule has 0 unspecified atom stereocenters. The van der Waals surface area contributed by atoms with Gasteiger partial charge in [-0.25, -0.2) is 8.42 Å². The molecule has 1 rings (SSSR count). The van der Waals surface area contributed by atoms with Gasteiger partial charge in [0.05, 0.1) is 11.9 Å². The first kappa shape index (κ1) is 10.8. The van der Waals surface area contributed by atoms with Crippen molar-refractivity contribution in [1.82, 2.24) is 0 Å². The molecule has 0 atom stereocenters. The zero-order valence-corrected chi connectivity index (χ0v) is 8.88. The summed E-state index contributed by atoms with van der Waals surface area (Å²) in [6.07, 6.45) is 2.53. The van der Waals surface area contributed by atoms with Crippen molar-refractivity contribution in [2.45, 2.75) is 0 Å². The van der Waals surface area contributed by atoms with Crippen LogP contribution < -0.4 is 4.31 Å². The second kappa shape index (κ2) is 3.86. The number of halogens is 1. The van der Waals surface area contributed by atoms with E-state index >= 15 is 0 Å². The average molecular weight is 231 g/mol. The number of rotatable bonds is 2. The maximum absolute atomic E-state index is 11.1. The van der Waals surface area contributed by atoms with E-state index in [2.05, 4.69) is 0 Å². The van der Waals surface area contributed by atoms with E-state index in [-0.39, 0.29) is 5.69 Å². The summed E-state index contributed by atoms with van der Waals surface area (Å²) in [4.78, 5) is 0. The first-order valence-corrected chi connectivity index (χ1v) is 5.83. The van der Waals surface area contributed by atoms with E-state index in [1.807, 2.05) is 0 Å². The van der Waals surface area contributed by atoms with Gasteiger partial charge in [-0.1, -0.05) is 17.7 Å². The van der Waals surface area contributed by atoms with Crippen molar-refractivity contribution < 1.29 is 8.42 Å². The molecular weight excluding hydrogens is 224 g/mol. The van der Waals surface area contributed by atoms with E-state index in [1.165, 1.54) is 12.1 Å². The van der Waals surface area contributed by atoms with Gasteiger partial charge in [-0.15, -0.1) is 0 Å². The lowest BCUT2D eigenvalue weighted by Gasteiger charge is -2.12. The highest BCUT2D eigenvalue weighted by atomic mass is 35.5. The highest BCUT2D eigenvalue weighted by Gasteiger charge is 2.16. The smallest absolute Gasteiger partial charge is 0.206 e. The third-order valence-electron chi connectivity index (χ3n) is 1.47. The van der Waals surface area contributed by atoms with Crippen molar-refractivity contribution in [2.75, 3.05) is 10.6 Å². The Labute approximate surface area is 87.4 Å². The van der Waals surface area contributed by atoms with Crippen molar-refractivity contribution in [3.63, 3.8) is 0 Å². The van der Waals surface area contributed by atoms with Gasteiger partial charge in [0.2, 0.25) is 10.0 Å². The molecule has 4 nitrogen and oxygen atoms in total. The van der Waals surface area contributed by atoms with Crippen LogP contribution in [0.4, 0.5) is 5.69 Å². The van der Waals surface area contributed by atoms with E-state index < -0.39 is 10.0 Å². The molecule has 0 bridgehead atoms. The fraction of sp³-hybridized carbons (Fsp3) is 0.125. The Morgan fingerprint density at radius 3 is 2.57 bits per heavy atom. The van der Waals surface area contributed by atoms with Gasteiger partial charge < -0.3 is 0 Å². The minimum atomic E-state index is -3.57. The largest absolute Gasteiger partial charge is 0.244 e. The number of sulfonamides is 1. The summed E-state index contributed by atoms with van der Waals surface area (Å²) in [6.45, 7) is 0. The van der Waals surface area contributed by atoms with Gasteiger partial charge in [0, 0.05) is 5.02 Å². The standard InChI is InChI=1S/C8H7ClN2O2S/c1-14(12,13)11(6-10)8-4-2-3-7(9)5-8/h2-5H,1H3. The van der Waals surface area contributed by atoms with Gasteiger partial charge in [-0.05, 0) is 18.2 Å². The summed E-state index contributed by atoms with van der Waals surface area (Å²) in [5.41, 5.74) is 0.238. The number of nitriles is 1. The van der Waals surface area contributed by atoms with Gasteiger partial charge in [0.25, 0.3) is 0 Å². The minimum absolute atomic E-state index is 0.238. The Morgan fingerprint density at radius 1 is 1.50 bits per heavy atom. The first-order chi connectivity index (χ1) is 6.45. The predicted octanol–water partition coefficient (Wildman–Crippen LogP) is 1.59. The van der Waals surface area contributed by atoms with Crippen molar-refractivity contribution in [3.8, 4) is 6.19 Å². The molecule has 14 heavy (non-hydrogen) atoms. The van der Waals surface area contributed by atoms with Gasteiger partial charge in [0.1, 0.15) is 0 Å². The van der Waals surface area contributed by atoms with Crippen LogP contribution in [0, 0.1) is 11.5 Å². The van der Waals surface area contributed by atoms with Crippen LogP contribution >= 0.6 is 11.6 Å². The van der Waals surface area contributed by atoms with Crippen molar-refractivity contribution in [3.05, 3.63) is 29.3 Å². The molecule has 0 heterocycles. The normalized spacial score (nSPS) is 10.6. The highest BCUT2D eigenvalue weighted by Crippen LogP contribution is 2.20. The van der Waals surface area contributed by atoms with Crippen LogP contribution in [-0.4, -0.2) is 14.7 Å². The SMILES string of the molecule is CS(=O)(=O)N(C#N)c1cccc(Cl)c1. The zero-order valence-electron chi connectivity index (χ0n) is 7.31. The molecule has 0 spiro atoms. The van der Waals surface area contributed by atoms with Gasteiger partial charge >= 0.3 is 0 Å². The minimum Gasteiger partial charge on any atom is -0.206 e. The molecule has 0 N–H and O–H groups in total. The number of nitrogens with zero attached hydrogens (tertiary/aromatic N) is 2. The maximum Gasteiger partial charge on any atom is 0.244 e. The van der Waals surface area contributed by atoms with Gasteiger partial charge in [-0.3, -0.25) is 0 Å². The third kappa shape index (κ3) is 2.37. The molecule has 0 aromatic heterocycles. The lowest BCUT2D eigenvalue weighted by molar-refractivity contribution is 0.602. The lowest BCUT2D eigenvalue weighted by atomic mass is 10.3. The molecule has 6 heteroatoms. The van der Waals surface area contributed by atoms with E-state index in [0.29, 0.717) is 9.33 Å². The second-order valence-electron chi connectivity index (χ2n) is 2.61. The first-order valence-electron chi connectivity index (χ1n) is 3.61. The number of benzene rings is 1. The summed E-state index contributed by atoms with van der Waals surface area (Å²) in [5.74, 6) is 0. The molecule has 1 aromatic rings. The summed E-state index contributed by atoms with van der Waals surface area (Å²) in [6, 6.07) is 6.08. The predicted molar refractivity (Wildman–Crippen MR) is 54.4 cm³/mol. The van der Waals surface area contributed by atoms with Crippen LogP contribution in [0.3, 0.4) is 0 Å². The summed E-state index contributed by atoms with van der Waals surface area (Å²) in [5, 5.41) is 9.04. The summed E-state index contributed by atoms with van der Waals surface area (Å²) < 4.78 is 22.9. The monoisotopic (exact) mass is 230 g/mol. The van der Waals surface area contributed by atoms with E-state index in [1.54, 1.807) is 18.3 Å². The zero-order chi connectivity index (χ0) is 10.8. The van der Waals surface area contributed by atoms with Crippen molar-refractivity contribution >= 4 is 27.3 Å². The topological polar surface area (TPSA) is 61.2 Å². The molecule has 0 saturated heterocycles. The Kier molecular flexibility index (Phi) is 2.99. The lowest BCUT2D eigenvalue weighted by Crippen LogP contribution is -2.24. The molecule has 0 radical (unpaired) electrons. The molecule has 0 fully saturated rings. The van der Waals surface area contributed by atoms with Crippen LogP contribution in [0.1, 0.15) is 0 Å². The molecule has 0 saturated carbocycles. The quantitative estimate of drug-likeness (QED) is 0.573. The number of hydrogen-bond donors (Lipinski definition) is 0. The van der Waals surface area contributed by atoms with E-state index in [0.717, 1.165) is 6.26 Å². The van der Waals surface area contributed by atoms with Gasteiger partial charge in [0.15, 0.2) is 6.19 Å². The number of anilines is 1. The van der Waals surface area contributed by atoms with Crippen molar-refractivity contribution in [2.24, 2.45) is 0 Å². The highest BCUT2D eigenvalue weighted by molar-refractivity contribution is 7.92. The second-order valence-corrected chi connectivity index (χ2v) is 4.87. The van der Waals surface area contributed by atoms with E-state index in [4.69, 9.17) is 16.9 Å². The Bertz CT molecular complexity index is 478. The molecule has 0 aliphatic rings. The fourth-order valence-corrected chi connectivity index (χ4v) is 1.76. The van der Waals surface area contributed by atoms with Crippen LogP contribution in [0.5, 0.6) is 0 Å². The molecule has 74 valence electrons. The fourth-order valence-electron chi connectivity index (χ4n) is 0.926. The maximum atomic E-state index is 11.1. The van der Waals surface area contributed by atoms with Crippen LogP contribution in [0.2, 0.25) is 5.02 Å². The third-order valence-corrected chi connectivity index (χ3v) is 2.66. The van der Waals surface area contributed by atoms with Crippen LogP contribution in [0.25, 0.3) is 0 Å². The molecule has 0 aliphatic carbocycles. The molecule has 0 aliphatic heterocycles. The van der Waals surface area contributed by atoms with Crippen molar-refractivity contribution in [1.29, 1.82) is 5.26 Å². The van der Waals surface area contributed by atoms with Crippen LogP contribution in [-0.2, 0) is 10.0 Å². The van der Waals surface area contributed by atoms with E-state index in [9.17, 15) is 8.42 Å². The summed E-state index contributed by atoms with van der Waals surface area (Å²) >= 11 is 5.67. The van der Waals surface area contributed by atoms with Crippen LogP contribution in [0.15, 0.2) is 24.3 Å². The number of hydrogen-bond acceptors (Lipinski definition) is 3. The Balaban J connectivity index is 3.23. The van der Waals surface area contributed by atoms with Gasteiger partial charge in [-0.2, -0.15) is 9.57 Å². The average Bonchev–Trinajstić information content (AvgIpc) is 2.02. The molecule has 1 aromatic carbocycles. The Hall–Kier alpha value is -1.25. The molecule has 0 amide bonds. The Morgan fingerprint density at radius 2 is 2.14 bits per heavy atom. The summed E-state index contributed by atoms with van der Waals surface area (Å²) in [7, 11) is -3.57. The molecular formula is C8H7ClN2O2S.